The van der Waals surface area contributed by atoms with Crippen LogP contribution in [0, 0.1) is 17.3 Å². The van der Waals surface area contributed by atoms with Crippen molar-refractivity contribution in [3.63, 3.8) is 0 Å². The second kappa shape index (κ2) is 7.56. The van der Waals surface area contributed by atoms with E-state index in [9.17, 15) is 4.79 Å². The molecule has 4 nitrogen and oxygen atoms in total. The molecule has 1 saturated heterocycles. The van der Waals surface area contributed by atoms with Crippen LogP contribution >= 0.6 is 0 Å². The highest BCUT2D eigenvalue weighted by molar-refractivity contribution is 5.82. The smallest absolute Gasteiger partial charge is 0.223 e. The number of carbonyl (C=O) groups is 1. The lowest BCUT2D eigenvalue weighted by Crippen LogP contribution is -2.33. The van der Waals surface area contributed by atoms with Gasteiger partial charge >= 0.3 is 0 Å². The molecule has 1 aromatic rings. The van der Waals surface area contributed by atoms with E-state index in [0.717, 1.165) is 56.7 Å². The van der Waals surface area contributed by atoms with E-state index in [1.165, 1.54) is 0 Å². The van der Waals surface area contributed by atoms with Crippen LogP contribution in [0.15, 0.2) is 24.3 Å². The summed E-state index contributed by atoms with van der Waals surface area (Å²) in [6, 6.07) is 8.02. The highest BCUT2D eigenvalue weighted by Crippen LogP contribution is 2.58. The monoisotopic (exact) mass is 330 g/mol. The van der Waals surface area contributed by atoms with Gasteiger partial charge in [0, 0.05) is 18.0 Å². The molecular formula is C20H30N2O2. The van der Waals surface area contributed by atoms with Crippen molar-refractivity contribution < 1.29 is 9.53 Å². The van der Waals surface area contributed by atoms with Crippen molar-refractivity contribution in [1.29, 1.82) is 0 Å². The lowest BCUT2D eigenvalue weighted by molar-refractivity contribution is -0.123. The Labute approximate surface area is 145 Å². The molecule has 0 radical (unpaired) electrons. The Morgan fingerprint density at radius 2 is 2.08 bits per heavy atom. The first-order chi connectivity index (χ1) is 11.6. The van der Waals surface area contributed by atoms with Crippen LogP contribution in [-0.4, -0.2) is 25.6 Å². The molecule has 1 aliphatic carbocycles. The highest BCUT2D eigenvalue weighted by atomic mass is 16.5. The number of hydrogen-bond donors (Lipinski definition) is 2. The SMILES string of the molecule is CC(C)CCOc1ccccc1CNC(=O)C1CC12CCNCC2. The van der Waals surface area contributed by atoms with E-state index < -0.39 is 0 Å². The van der Waals surface area contributed by atoms with E-state index in [0.29, 0.717) is 17.9 Å². The van der Waals surface area contributed by atoms with Gasteiger partial charge in [-0.2, -0.15) is 0 Å². The van der Waals surface area contributed by atoms with Gasteiger partial charge in [0.1, 0.15) is 5.75 Å². The quantitative estimate of drug-likeness (QED) is 0.807. The summed E-state index contributed by atoms with van der Waals surface area (Å²) in [5, 5.41) is 6.52. The minimum absolute atomic E-state index is 0.216. The number of piperidine rings is 1. The van der Waals surface area contributed by atoms with Crippen LogP contribution in [0.5, 0.6) is 5.75 Å². The first kappa shape index (κ1) is 17.3. The maximum absolute atomic E-state index is 12.5. The van der Waals surface area contributed by atoms with Crippen molar-refractivity contribution >= 4 is 5.91 Å². The minimum Gasteiger partial charge on any atom is -0.493 e. The fourth-order valence-corrected chi connectivity index (χ4v) is 3.70. The van der Waals surface area contributed by atoms with E-state index in [1.807, 2.05) is 24.3 Å². The number of hydrogen-bond acceptors (Lipinski definition) is 3. The van der Waals surface area contributed by atoms with Crippen LogP contribution in [0.4, 0.5) is 0 Å². The standard InChI is InChI=1S/C20H30N2O2/c1-15(2)7-12-24-18-6-4-3-5-16(18)14-22-19(23)17-13-20(17)8-10-21-11-9-20/h3-6,15,17,21H,7-14H2,1-2H3,(H,22,23). The first-order valence-electron chi connectivity index (χ1n) is 9.30. The Bertz CT molecular complexity index is 565. The van der Waals surface area contributed by atoms with Crippen molar-refractivity contribution in [2.45, 2.75) is 46.1 Å². The molecular weight excluding hydrogens is 300 g/mol. The summed E-state index contributed by atoms with van der Waals surface area (Å²) in [6.07, 6.45) is 4.38. The third-order valence-corrected chi connectivity index (χ3v) is 5.48. The van der Waals surface area contributed by atoms with Gasteiger partial charge in [-0.3, -0.25) is 4.79 Å². The van der Waals surface area contributed by atoms with E-state index in [1.54, 1.807) is 0 Å². The summed E-state index contributed by atoms with van der Waals surface area (Å²) in [7, 11) is 0. The summed E-state index contributed by atoms with van der Waals surface area (Å²) in [5.74, 6) is 1.96. The van der Waals surface area contributed by atoms with Gasteiger partial charge in [0.2, 0.25) is 5.91 Å². The molecule has 1 spiro atoms. The number of carbonyl (C=O) groups excluding carboxylic acids is 1. The molecule has 1 amide bonds. The van der Waals surface area contributed by atoms with Gasteiger partial charge in [0.05, 0.1) is 6.61 Å². The predicted molar refractivity (Wildman–Crippen MR) is 95.9 cm³/mol. The Morgan fingerprint density at radius 3 is 2.83 bits per heavy atom. The fourth-order valence-electron chi connectivity index (χ4n) is 3.70. The molecule has 0 aromatic heterocycles. The molecule has 4 heteroatoms. The van der Waals surface area contributed by atoms with Crippen LogP contribution in [-0.2, 0) is 11.3 Å². The fraction of sp³-hybridized carbons (Fsp3) is 0.650. The number of ether oxygens (including phenoxy) is 1. The number of nitrogens with one attached hydrogen (secondary N) is 2. The van der Waals surface area contributed by atoms with Gasteiger partial charge in [0.15, 0.2) is 0 Å². The number of amides is 1. The summed E-state index contributed by atoms with van der Waals surface area (Å²) in [6.45, 7) is 7.78. The van der Waals surface area contributed by atoms with Gasteiger partial charge in [-0.25, -0.2) is 0 Å². The average molecular weight is 330 g/mol. The van der Waals surface area contributed by atoms with E-state index in [-0.39, 0.29) is 11.8 Å². The molecule has 2 fully saturated rings. The van der Waals surface area contributed by atoms with Crippen LogP contribution in [0.1, 0.15) is 45.1 Å². The van der Waals surface area contributed by atoms with E-state index >= 15 is 0 Å². The molecule has 3 rings (SSSR count). The zero-order chi connectivity index (χ0) is 17.0. The molecule has 1 saturated carbocycles. The minimum atomic E-state index is 0.216. The Morgan fingerprint density at radius 1 is 1.33 bits per heavy atom. The Hall–Kier alpha value is -1.55. The molecule has 1 aromatic carbocycles. The average Bonchev–Trinajstić information content (AvgIpc) is 3.27. The van der Waals surface area contributed by atoms with Crippen LogP contribution in [0.3, 0.4) is 0 Å². The van der Waals surface area contributed by atoms with Crippen molar-refractivity contribution in [2.24, 2.45) is 17.3 Å². The van der Waals surface area contributed by atoms with Crippen LogP contribution in [0.25, 0.3) is 0 Å². The third-order valence-electron chi connectivity index (χ3n) is 5.48. The molecule has 0 bridgehead atoms. The Balaban J connectivity index is 1.50. The summed E-state index contributed by atoms with van der Waals surface area (Å²) >= 11 is 0. The molecule has 2 aliphatic rings. The molecule has 1 aliphatic heterocycles. The van der Waals surface area contributed by atoms with Gasteiger partial charge in [-0.05, 0) is 56.2 Å². The zero-order valence-corrected chi connectivity index (χ0v) is 14.9. The Kier molecular flexibility index (Phi) is 5.44. The largest absolute Gasteiger partial charge is 0.493 e. The van der Waals surface area contributed by atoms with Gasteiger partial charge in [-0.1, -0.05) is 32.0 Å². The number of rotatable bonds is 7. The topological polar surface area (TPSA) is 50.4 Å². The number of para-hydroxylation sites is 1. The molecule has 1 atom stereocenters. The lowest BCUT2D eigenvalue weighted by atomic mass is 9.92. The maximum atomic E-state index is 12.5. The predicted octanol–water partition coefficient (Wildman–Crippen LogP) is 3.12. The first-order valence-corrected chi connectivity index (χ1v) is 9.30. The maximum Gasteiger partial charge on any atom is 0.223 e. The zero-order valence-electron chi connectivity index (χ0n) is 14.9. The molecule has 1 heterocycles. The molecule has 132 valence electrons. The van der Waals surface area contributed by atoms with Crippen molar-refractivity contribution in [3.8, 4) is 5.75 Å². The third kappa shape index (κ3) is 4.10. The van der Waals surface area contributed by atoms with Gasteiger partial charge in [0.25, 0.3) is 0 Å². The molecule has 2 N–H and O–H groups in total. The molecule has 24 heavy (non-hydrogen) atoms. The second-order valence-electron chi connectivity index (χ2n) is 7.73. The van der Waals surface area contributed by atoms with Gasteiger partial charge in [-0.15, -0.1) is 0 Å². The van der Waals surface area contributed by atoms with Crippen molar-refractivity contribution in [1.82, 2.24) is 10.6 Å². The second-order valence-corrected chi connectivity index (χ2v) is 7.73. The number of benzene rings is 1. The summed E-state index contributed by atoms with van der Waals surface area (Å²) < 4.78 is 5.91. The van der Waals surface area contributed by atoms with Crippen LogP contribution in [0.2, 0.25) is 0 Å². The summed E-state index contributed by atoms with van der Waals surface area (Å²) in [4.78, 5) is 12.5. The highest BCUT2D eigenvalue weighted by Gasteiger charge is 2.57. The molecule has 1 unspecified atom stereocenters. The summed E-state index contributed by atoms with van der Waals surface area (Å²) in [5.41, 5.74) is 1.36. The lowest BCUT2D eigenvalue weighted by Gasteiger charge is -2.23. The van der Waals surface area contributed by atoms with Crippen molar-refractivity contribution in [3.05, 3.63) is 29.8 Å². The van der Waals surface area contributed by atoms with E-state index in [2.05, 4.69) is 24.5 Å². The van der Waals surface area contributed by atoms with Crippen molar-refractivity contribution in [2.75, 3.05) is 19.7 Å². The normalized spacial score (nSPS) is 21.7. The van der Waals surface area contributed by atoms with Gasteiger partial charge < -0.3 is 15.4 Å². The van der Waals surface area contributed by atoms with Crippen LogP contribution < -0.4 is 15.4 Å². The van der Waals surface area contributed by atoms with E-state index in [4.69, 9.17) is 4.74 Å².